The third-order valence-corrected chi connectivity index (χ3v) is 5.33. The predicted octanol–water partition coefficient (Wildman–Crippen LogP) is 1.79. The number of para-hydroxylation sites is 1. The van der Waals surface area contributed by atoms with Gasteiger partial charge in [-0.1, -0.05) is 18.2 Å². The average molecular weight is 286 g/mol. The molecule has 0 aliphatic carbocycles. The highest BCUT2D eigenvalue weighted by molar-refractivity contribution is 5.82. The van der Waals surface area contributed by atoms with Gasteiger partial charge in [-0.3, -0.25) is 4.79 Å². The van der Waals surface area contributed by atoms with E-state index in [0.717, 1.165) is 38.6 Å². The van der Waals surface area contributed by atoms with Gasteiger partial charge < -0.3 is 15.3 Å². The predicted molar refractivity (Wildman–Crippen MR) is 81.0 cm³/mol. The van der Waals surface area contributed by atoms with Crippen molar-refractivity contribution in [3.8, 4) is 0 Å². The van der Waals surface area contributed by atoms with Gasteiger partial charge in [0, 0.05) is 24.3 Å². The van der Waals surface area contributed by atoms with Gasteiger partial charge >= 0.3 is 0 Å². The molecule has 4 heteroatoms. The van der Waals surface area contributed by atoms with E-state index in [1.165, 1.54) is 11.3 Å². The van der Waals surface area contributed by atoms with Crippen molar-refractivity contribution in [1.29, 1.82) is 0 Å². The van der Waals surface area contributed by atoms with E-state index in [1.807, 2.05) is 12.1 Å². The number of benzene rings is 1. The summed E-state index contributed by atoms with van der Waals surface area (Å²) in [5.41, 5.74) is 2.41. The minimum Gasteiger partial charge on any atom is -0.393 e. The fraction of sp³-hybridized carbons (Fsp3) is 0.588. The molecule has 2 bridgehead atoms. The third kappa shape index (κ3) is 2.22. The van der Waals surface area contributed by atoms with E-state index in [4.69, 9.17) is 0 Å². The molecular formula is C17H22N2O2. The summed E-state index contributed by atoms with van der Waals surface area (Å²) in [6, 6.07) is 8.79. The molecule has 3 atom stereocenters. The van der Waals surface area contributed by atoms with E-state index in [1.54, 1.807) is 0 Å². The molecule has 3 unspecified atom stereocenters. The van der Waals surface area contributed by atoms with Gasteiger partial charge in [-0.15, -0.1) is 0 Å². The maximum absolute atomic E-state index is 12.9. The van der Waals surface area contributed by atoms with Crippen LogP contribution in [-0.4, -0.2) is 40.6 Å². The zero-order valence-electron chi connectivity index (χ0n) is 12.2. The summed E-state index contributed by atoms with van der Waals surface area (Å²) in [5.74, 6) is 0.328. The number of rotatable bonds is 1. The van der Waals surface area contributed by atoms with Crippen molar-refractivity contribution in [1.82, 2.24) is 4.90 Å². The number of hydrogen-bond donors (Lipinski definition) is 2. The minimum absolute atomic E-state index is 0.0400. The van der Waals surface area contributed by atoms with Crippen LogP contribution in [0.4, 0.5) is 5.69 Å². The summed E-state index contributed by atoms with van der Waals surface area (Å²) in [6.07, 6.45) is 4.27. The van der Waals surface area contributed by atoms with Crippen molar-refractivity contribution in [2.75, 3.05) is 11.9 Å². The lowest BCUT2D eigenvalue weighted by atomic mass is 9.90. The number of nitrogens with zero attached hydrogens (tertiary/aromatic N) is 1. The van der Waals surface area contributed by atoms with E-state index >= 15 is 0 Å². The van der Waals surface area contributed by atoms with Crippen LogP contribution >= 0.6 is 0 Å². The molecule has 21 heavy (non-hydrogen) atoms. The molecule has 2 fully saturated rings. The number of anilines is 1. The number of hydrogen-bond acceptors (Lipinski definition) is 3. The van der Waals surface area contributed by atoms with Crippen molar-refractivity contribution >= 4 is 11.6 Å². The second-order valence-corrected chi connectivity index (χ2v) is 6.69. The highest BCUT2D eigenvalue weighted by Gasteiger charge is 2.44. The number of fused-ring (bicyclic) bond motifs is 3. The number of aliphatic hydroxyl groups is 1. The zero-order valence-corrected chi connectivity index (χ0v) is 12.2. The molecule has 3 heterocycles. The second kappa shape index (κ2) is 5.02. The Morgan fingerprint density at radius 1 is 1.19 bits per heavy atom. The topological polar surface area (TPSA) is 52.6 Å². The lowest BCUT2D eigenvalue weighted by molar-refractivity contribution is -0.141. The van der Waals surface area contributed by atoms with Crippen molar-refractivity contribution in [2.24, 2.45) is 5.92 Å². The highest BCUT2D eigenvalue weighted by atomic mass is 16.3. The van der Waals surface area contributed by atoms with Gasteiger partial charge in [-0.2, -0.15) is 0 Å². The lowest BCUT2D eigenvalue weighted by Gasteiger charge is -2.40. The van der Waals surface area contributed by atoms with Gasteiger partial charge in [0.25, 0.3) is 0 Å². The largest absolute Gasteiger partial charge is 0.393 e. The first kappa shape index (κ1) is 13.1. The minimum atomic E-state index is -0.211. The van der Waals surface area contributed by atoms with E-state index in [2.05, 4.69) is 22.3 Å². The van der Waals surface area contributed by atoms with Gasteiger partial charge in [0.05, 0.1) is 12.0 Å². The van der Waals surface area contributed by atoms with E-state index in [0.29, 0.717) is 0 Å². The average Bonchev–Trinajstić information content (AvgIpc) is 2.78. The number of amides is 1. The van der Waals surface area contributed by atoms with Gasteiger partial charge in [-0.25, -0.2) is 0 Å². The molecule has 112 valence electrons. The summed E-state index contributed by atoms with van der Waals surface area (Å²) < 4.78 is 0. The van der Waals surface area contributed by atoms with Crippen LogP contribution in [0.5, 0.6) is 0 Å². The molecule has 0 radical (unpaired) electrons. The highest BCUT2D eigenvalue weighted by Crippen LogP contribution is 2.37. The van der Waals surface area contributed by atoms with Crippen molar-refractivity contribution < 1.29 is 9.90 Å². The molecule has 1 aromatic carbocycles. The van der Waals surface area contributed by atoms with Crippen LogP contribution < -0.4 is 5.32 Å². The van der Waals surface area contributed by atoms with Crippen LogP contribution in [0.1, 0.15) is 31.2 Å². The van der Waals surface area contributed by atoms with Gasteiger partial charge in [0.15, 0.2) is 0 Å². The Kier molecular flexibility index (Phi) is 3.14. The van der Waals surface area contributed by atoms with E-state index in [9.17, 15) is 9.90 Å². The third-order valence-electron chi connectivity index (χ3n) is 5.33. The molecule has 2 saturated heterocycles. The quantitative estimate of drug-likeness (QED) is 0.827. The molecule has 4 nitrogen and oxygen atoms in total. The molecule has 1 aromatic rings. The first-order valence-electron chi connectivity index (χ1n) is 8.04. The molecule has 0 aromatic heterocycles. The summed E-state index contributed by atoms with van der Waals surface area (Å²) in [4.78, 5) is 15.0. The molecule has 2 N–H and O–H groups in total. The van der Waals surface area contributed by atoms with Crippen LogP contribution in [0, 0.1) is 5.92 Å². The SMILES string of the molecule is O=C(C1CNc2ccccc2C1)N1C2CCC1CC(O)C2. The Balaban J connectivity index is 1.52. The maximum atomic E-state index is 12.9. The standard InChI is InChI=1S/C17H22N2O2/c20-15-8-13-5-6-14(9-15)19(13)17(21)12-7-11-3-1-2-4-16(11)18-10-12/h1-4,12-15,18,20H,5-10H2. The van der Waals surface area contributed by atoms with Crippen molar-refractivity contribution in [3.05, 3.63) is 29.8 Å². The summed E-state index contributed by atoms with van der Waals surface area (Å²) in [7, 11) is 0. The van der Waals surface area contributed by atoms with Crippen LogP contribution in [0.15, 0.2) is 24.3 Å². The number of nitrogens with one attached hydrogen (secondary N) is 1. The van der Waals surface area contributed by atoms with Crippen LogP contribution in [0.3, 0.4) is 0 Å². The van der Waals surface area contributed by atoms with Crippen molar-refractivity contribution in [3.63, 3.8) is 0 Å². The maximum Gasteiger partial charge on any atom is 0.228 e. The zero-order chi connectivity index (χ0) is 14.4. The summed E-state index contributed by atoms with van der Waals surface area (Å²) >= 11 is 0. The first-order chi connectivity index (χ1) is 10.2. The van der Waals surface area contributed by atoms with Gasteiger partial charge in [-0.05, 0) is 43.7 Å². The fourth-order valence-corrected chi connectivity index (χ4v) is 4.34. The number of carbonyl (C=O) groups is 1. The smallest absolute Gasteiger partial charge is 0.228 e. The normalized spacial score (nSPS) is 34.2. The molecule has 3 aliphatic rings. The van der Waals surface area contributed by atoms with E-state index < -0.39 is 0 Å². The molecule has 0 spiro atoms. The summed E-state index contributed by atoms with van der Waals surface area (Å²) in [6.45, 7) is 0.730. The first-order valence-corrected chi connectivity index (χ1v) is 8.04. The Labute approximate surface area is 125 Å². The Bertz CT molecular complexity index is 545. The van der Waals surface area contributed by atoms with Crippen LogP contribution in [-0.2, 0) is 11.2 Å². The fourth-order valence-electron chi connectivity index (χ4n) is 4.34. The van der Waals surface area contributed by atoms with Gasteiger partial charge in [0.2, 0.25) is 5.91 Å². The monoisotopic (exact) mass is 286 g/mol. The number of aliphatic hydroxyl groups excluding tert-OH is 1. The van der Waals surface area contributed by atoms with Crippen LogP contribution in [0.2, 0.25) is 0 Å². The molecular weight excluding hydrogens is 264 g/mol. The Morgan fingerprint density at radius 2 is 1.90 bits per heavy atom. The van der Waals surface area contributed by atoms with Crippen molar-refractivity contribution in [2.45, 2.75) is 50.3 Å². The molecule has 3 aliphatic heterocycles. The Morgan fingerprint density at radius 3 is 2.67 bits per heavy atom. The van der Waals surface area contributed by atoms with Crippen LogP contribution in [0.25, 0.3) is 0 Å². The summed E-state index contributed by atoms with van der Waals surface area (Å²) in [5, 5.41) is 13.3. The van der Waals surface area contributed by atoms with Gasteiger partial charge in [0.1, 0.15) is 0 Å². The molecule has 1 amide bonds. The number of piperidine rings is 1. The molecule has 0 saturated carbocycles. The second-order valence-electron chi connectivity index (χ2n) is 6.69. The Hall–Kier alpha value is -1.55. The van der Waals surface area contributed by atoms with E-state index in [-0.39, 0.29) is 30.0 Å². The lowest BCUT2D eigenvalue weighted by Crippen LogP contribution is -2.51. The number of carbonyl (C=O) groups excluding carboxylic acids is 1. The molecule has 4 rings (SSSR count).